The van der Waals surface area contributed by atoms with Crippen molar-refractivity contribution in [1.82, 2.24) is 0 Å². The van der Waals surface area contributed by atoms with E-state index in [4.69, 9.17) is 14.2 Å². The van der Waals surface area contributed by atoms with Crippen molar-refractivity contribution >= 4 is 0 Å². The smallest absolute Gasteiger partial charge is 0.127 e. The van der Waals surface area contributed by atoms with Crippen LogP contribution < -0.4 is 14.2 Å². The lowest BCUT2D eigenvalue weighted by Crippen LogP contribution is -1.95. The lowest BCUT2D eigenvalue weighted by atomic mass is 9.93. The summed E-state index contributed by atoms with van der Waals surface area (Å²) in [6.07, 6.45) is 0. The minimum absolute atomic E-state index is 0.774. The molecule has 0 saturated heterocycles. The summed E-state index contributed by atoms with van der Waals surface area (Å²) in [6, 6.07) is 22.9. The second-order valence-corrected chi connectivity index (χ2v) is 5.23. The van der Waals surface area contributed by atoms with E-state index in [0.29, 0.717) is 0 Å². The van der Waals surface area contributed by atoms with Gasteiger partial charge in [-0.1, -0.05) is 36.4 Å². The quantitative estimate of drug-likeness (QED) is 0.673. The molecule has 1 radical (unpaired) electrons. The van der Waals surface area contributed by atoms with Gasteiger partial charge in [0, 0.05) is 16.7 Å². The van der Waals surface area contributed by atoms with Gasteiger partial charge in [-0.05, 0) is 35.9 Å². The first-order valence-electron chi connectivity index (χ1n) is 7.65. The minimum atomic E-state index is 0.774. The van der Waals surface area contributed by atoms with Crippen molar-refractivity contribution in [2.45, 2.75) is 0 Å². The highest BCUT2D eigenvalue weighted by Crippen LogP contribution is 2.43. The minimum Gasteiger partial charge on any atom is -0.497 e. The summed E-state index contributed by atoms with van der Waals surface area (Å²) in [6.45, 7) is 0. The molecule has 121 valence electrons. The van der Waals surface area contributed by atoms with Crippen LogP contribution in [0.25, 0.3) is 22.3 Å². The average molecular weight is 319 g/mol. The van der Waals surface area contributed by atoms with Crippen molar-refractivity contribution in [1.29, 1.82) is 0 Å². The van der Waals surface area contributed by atoms with E-state index in [1.807, 2.05) is 60.7 Å². The molecule has 3 aromatic rings. The first-order valence-corrected chi connectivity index (χ1v) is 7.65. The summed E-state index contributed by atoms with van der Waals surface area (Å²) in [5.41, 5.74) is 3.86. The summed E-state index contributed by atoms with van der Waals surface area (Å²) in [5, 5.41) is 0. The third kappa shape index (κ3) is 2.93. The van der Waals surface area contributed by atoms with Crippen molar-refractivity contribution in [2.24, 2.45) is 0 Å². The van der Waals surface area contributed by atoms with Crippen molar-refractivity contribution in [3.05, 3.63) is 66.7 Å². The summed E-state index contributed by atoms with van der Waals surface area (Å²) in [7, 11) is 5.00. The molecule has 3 heteroatoms. The number of para-hydroxylation sites is 1. The molecule has 0 spiro atoms. The number of benzene rings is 3. The van der Waals surface area contributed by atoms with Crippen LogP contribution in [0.2, 0.25) is 0 Å². The van der Waals surface area contributed by atoms with Gasteiger partial charge in [0.1, 0.15) is 17.2 Å². The normalized spacial score (nSPS) is 10.3. The fourth-order valence-electron chi connectivity index (χ4n) is 2.77. The van der Waals surface area contributed by atoms with Crippen LogP contribution in [0.5, 0.6) is 17.2 Å². The molecule has 24 heavy (non-hydrogen) atoms. The van der Waals surface area contributed by atoms with Crippen LogP contribution in [0.1, 0.15) is 0 Å². The van der Waals surface area contributed by atoms with E-state index in [-0.39, 0.29) is 0 Å². The fourth-order valence-corrected chi connectivity index (χ4v) is 2.77. The first kappa shape index (κ1) is 15.9. The summed E-state index contributed by atoms with van der Waals surface area (Å²) in [4.78, 5) is 0. The molecule has 0 atom stereocenters. The van der Waals surface area contributed by atoms with Crippen molar-refractivity contribution < 1.29 is 14.2 Å². The molecule has 0 saturated carbocycles. The highest BCUT2D eigenvalue weighted by Gasteiger charge is 2.17. The zero-order chi connectivity index (χ0) is 16.9. The molecule has 0 heterocycles. The molecule has 3 nitrogen and oxygen atoms in total. The van der Waals surface area contributed by atoms with E-state index in [9.17, 15) is 0 Å². The third-order valence-corrected chi connectivity index (χ3v) is 3.91. The lowest BCUT2D eigenvalue weighted by Gasteiger charge is -2.17. The lowest BCUT2D eigenvalue weighted by molar-refractivity contribution is 0.410. The highest BCUT2D eigenvalue weighted by molar-refractivity contribution is 5.90. The Morgan fingerprint density at radius 2 is 1.54 bits per heavy atom. The standard InChI is InChI=1S/C21H19O3/c1-22-16-9-6-8-15(14-16)17-11-7-13-20(24-3)21(17)18-10-4-5-12-19(18)23-2/h4-10,12-14H,1-3H3. The molecule has 0 aliphatic rings. The van der Waals surface area contributed by atoms with Gasteiger partial charge in [0.05, 0.1) is 21.3 Å². The number of ether oxygens (including phenoxy) is 3. The van der Waals surface area contributed by atoms with Crippen LogP contribution in [0.15, 0.2) is 60.7 Å². The molecule has 0 amide bonds. The molecule has 0 aliphatic heterocycles. The first-order chi connectivity index (χ1) is 11.8. The maximum absolute atomic E-state index is 5.61. The topological polar surface area (TPSA) is 27.7 Å². The van der Waals surface area contributed by atoms with E-state index in [2.05, 4.69) is 6.07 Å². The fraction of sp³-hybridized carbons (Fsp3) is 0.143. The van der Waals surface area contributed by atoms with Crippen molar-refractivity contribution in [2.75, 3.05) is 21.3 Å². The van der Waals surface area contributed by atoms with Crippen LogP contribution >= 0.6 is 0 Å². The second kappa shape index (κ2) is 7.09. The third-order valence-electron chi connectivity index (χ3n) is 3.91. The Morgan fingerprint density at radius 3 is 2.29 bits per heavy atom. The van der Waals surface area contributed by atoms with E-state index in [1.165, 1.54) is 0 Å². The van der Waals surface area contributed by atoms with Crippen LogP contribution in [0.4, 0.5) is 0 Å². The van der Waals surface area contributed by atoms with Crippen LogP contribution in [0.3, 0.4) is 0 Å². The van der Waals surface area contributed by atoms with Gasteiger partial charge in [-0.3, -0.25) is 0 Å². The molecule has 0 unspecified atom stereocenters. The summed E-state index contributed by atoms with van der Waals surface area (Å²) < 4.78 is 16.5. The average Bonchev–Trinajstić information content (AvgIpc) is 2.67. The highest BCUT2D eigenvalue weighted by atomic mass is 16.5. The Labute approximate surface area is 142 Å². The van der Waals surface area contributed by atoms with Crippen LogP contribution in [-0.2, 0) is 0 Å². The van der Waals surface area contributed by atoms with Crippen molar-refractivity contribution in [3.8, 4) is 39.5 Å². The van der Waals surface area contributed by atoms with Gasteiger partial charge in [0.2, 0.25) is 0 Å². The Hall–Kier alpha value is -2.94. The van der Waals surface area contributed by atoms with Crippen LogP contribution in [0, 0.1) is 6.07 Å². The second-order valence-electron chi connectivity index (χ2n) is 5.23. The number of methoxy groups -OCH3 is 3. The maximum atomic E-state index is 5.61. The predicted octanol–water partition coefficient (Wildman–Crippen LogP) is 4.85. The summed E-state index contributed by atoms with van der Waals surface area (Å²) in [5.74, 6) is 2.37. The van der Waals surface area contributed by atoms with Crippen molar-refractivity contribution in [3.63, 3.8) is 0 Å². The molecular weight excluding hydrogens is 300 g/mol. The zero-order valence-corrected chi connectivity index (χ0v) is 14.0. The molecule has 0 aromatic heterocycles. The van der Waals surface area contributed by atoms with E-state index in [1.54, 1.807) is 21.3 Å². The van der Waals surface area contributed by atoms with Gasteiger partial charge >= 0.3 is 0 Å². The van der Waals surface area contributed by atoms with Gasteiger partial charge in [-0.25, -0.2) is 0 Å². The molecule has 0 N–H and O–H groups in total. The number of hydrogen-bond acceptors (Lipinski definition) is 3. The molecule has 3 aromatic carbocycles. The Morgan fingerprint density at radius 1 is 0.750 bits per heavy atom. The molecule has 3 rings (SSSR count). The Kier molecular flexibility index (Phi) is 4.71. The van der Waals surface area contributed by atoms with Gasteiger partial charge in [-0.2, -0.15) is 0 Å². The van der Waals surface area contributed by atoms with E-state index in [0.717, 1.165) is 39.5 Å². The monoisotopic (exact) mass is 319 g/mol. The molecule has 0 bridgehead atoms. The molecule has 0 fully saturated rings. The Balaban J connectivity index is 2.28. The van der Waals surface area contributed by atoms with Gasteiger partial charge in [0.15, 0.2) is 0 Å². The zero-order valence-electron chi connectivity index (χ0n) is 14.0. The van der Waals surface area contributed by atoms with E-state index >= 15 is 0 Å². The predicted molar refractivity (Wildman–Crippen MR) is 95.8 cm³/mol. The Bertz CT molecular complexity index is 840. The SMILES string of the molecule is COc1cccc(-c2[c]ccc(OC)c2-c2ccccc2OC)c1. The maximum Gasteiger partial charge on any atom is 0.127 e. The van der Waals surface area contributed by atoms with Crippen LogP contribution in [-0.4, -0.2) is 21.3 Å². The van der Waals surface area contributed by atoms with Gasteiger partial charge in [-0.15, -0.1) is 0 Å². The summed E-state index contributed by atoms with van der Waals surface area (Å²) >= 11 is 0. The van der Waals surface area contributed by atoms with E-state index < -0.39 is 0 Å². The molecule has 0 aliphatic carbocycles. The molecular formula is C21H19O3. The number of hydrogen-bond donors (Lipinski definition) is 0. The van der Waals surface area contributed by atoms with Gasteiger partial charge in [0.25, 0.3) is 0 Å². The number of rotatable bonds is 5. The van der Waals surface area contributed by atoms with Gasteiger partial charge < -0.3 is 14.2 Å². The largest absolute Gasteiger partial charge is 0.497 e.